The van der Waals surface area contributed by atoms with Crippen molar-refractivity contribution in [2.75, 3.05) is 33.2 Å². The average Bonchev–Trinajstić information content (AvgIpc) is 2.40. The first-order chi connectivity index (χ1) is 8.79. The van der Waals surface area contributed by atoms with Gasteiger partial charge in [-0.2, -0.15) is 0 Å². The van der Waals surface area contributed by atoms with E-state index in [2.05, 4.69) is 54.1 Å². The first kappa shape index (κ1) is 13.6. The van der Waals surface area contributed by atoms with E-state index in [1.807, 2.05) is 0 Å². The van der Waals surface area contributed by atoms with E-state index in [0.29, 0.717) is 0 Å². The molecule has 2 rings (SSSR count). The summed E-state index contributed by atoms with van der Waals surface area (Å²) in [4.78, 5) is 5.12. The third-order valence-electron chi connectivity index (χ3n) is 3.99. The van der Waals surface area contributed by atoms with Crippen LogP contribution in [0.25, 0.3) is 0 Å². The minimum atomic E-state index is 0.728. The van der Waals surface area contributed by atoms with Crippen molar-refractivity contribution < 1.29 is 0 Å². The Hall–Kier alpha value is -0.860. The van der Waals surface area contributed by atoms with Crippen LogP contribution in [0.4, 0.5) is 0 Å². The Bertz CT molecular complexity index is 328. The average molecular weight is 246 g/mol. The number of hydrogen-bond donors (Lipinski definition) is 0. The van der Waals surface area contributed by atoms with E-state index in [-0.39, 0.29) is 0 Å². The van der Waals surface area contributed by atoms with Gasteiger partial charge in [0.2, 0.25) is 0 Å². The maximum Gasteiger partial charge on any atom is 0.0137 e. The molecule has 18 heavy (non-hydrogen) atoms. The molecule has 1 unspecified atom stereocenters. The maximum absolute atomic E-state index is 2.69. The lowest BCUT2D eigenvalue weighted by Gasteiger charge is -2.38. The van der Waals surface area contributed by atoms with E-state index < -0.39 is 0 Å². The molecule has 1 aromatic carbocycles. The van der Waals surface area contributed by atoms with Crippen LogP contribution in [0.3, 0.4) is 0 Å². The van der Waals surface area contributed by atoms with Gasteiger partial charge >= 0.3 is 0 Å². The highest BCUT2D eigenvalue weighted by atomic mass is 15.3. The SMILES string of the molecule is CCCC(Cc1ccccc1)N1CCN(C)CC1. The first-order valence-electron chi connectivity index (χ1n) is 7.26. The fourth-order valence-electron chi connectivity index (χ4n) is 2.82. The van der Waals surface area contributed by atoms with Crippen LogP contribution in [0.15, 0.2) is 30.3 Å². The van der Waals surface area contributed by atoms with Crippen molar-refractivity contribution in [1.29, 1.82) is 0 Å². The quantitative estimate of drug-likeness (QED) is 0.788. The van der Waals surface area contributed by atoms with Crippen LogP contribution < -0.4 is 0 Å². The molecule has 1 aromatic rings. The Morgan fingerprint density at radius 1 is 1.06 bits per heavy atom. The van der Waals surface area contributed by atoms with Crippen LogP contribution in [-0.4, -0.2) is 49.1 Å². The first-order valence-corrected chi connectivity index (χ1v) is 7.26. The lowest BCUT2D eigenvalue weighted by Crippen LogP contribution is -2.49. The minimum absolute atomic E-state index is 0.728. The van der Waals surface area contributed by atoms with E-state index in [4.69, 9.17) is 0 Å². The molecule has 1 aliphatic rings. The van der Waals surface area contributed by atoms with Crippen molar-refractivity contribution in [3.8, 4) is 0 Å². The zero-order valence-electron chi connectivity index (χ0n) is 11.8. The molecular formula is C16H26N2. The Morgan fingerprint density at radius 3 is 2.33 bits per heavy atom. The van der Waals surface area contributed by atoms with Gasteiger partial charge in [-0.3, -0.25) is 4.90 Å². The van der Waals surface area contributed by atoms with Crippen LogP contribution in [0.1, 0.15) is 25.3 Å². The van der Waals surface area contributed by atoms with Crippen molar-refractivity contribution in [3.05, 3.63) is 35.9 Å². The number of likely N-dealkylation sites (N-methyl/N-ethyl adjacent to an activating group) is 1. The second-order valence-electron chi connectivity index (χ2n) is 5.47. The molecule has 0 bridgehead atoms. The summed E-state index contributed by atoms with van der Waals surface area (Å²) < 4.78 is 0. The highest BCUT2D eigenvalue weighted by molar-refractivity contribution is 5.16. The molecule has 1 saturated heterocycles. The van der Waals surface area contributed by atoms with Crippen molar-refractivity contribution in [3.63, 3.8) is 0 Å². The third kappa shape index (κ3) is 3.82. The molecule has 1 fully saturated rings. The zero-order valence-corrected chi connectivity index (χ0v) is 11.8. The highest BCUT2D eigenvalue weighted by Gasteiger charge is 2.21. The van der Waals surface area contributed by atoms with Gasteiger partial charge in [0.25, 0.3) is 0 Å². The van der Waals surface area contributed by atoms with E-state index in [1.54, 1.807) is 0 Å². The predicted molar refractivity (Wildman–Crippen MR) is 77.9 cm³/mol. The van der Waals surface area contributed by atoms with Gasteiger partial charge < -0.3 is 4.90 Å². The van der Waals surface area contributed by atoms with E-state index in [1.165, 1.54) is 51.0 Å². The van der Waals surface area contributed by atoms with Gasteiger partial charge in [-0.05, 0) is 25.5 Å². The number of piperazine rings is 1. The third-order valence-corrected chi connectivity index (χ3v) is 3.99. The molecule has 0 N–H and O–H groups in total. The Balaban J connectivity index is 1.95. The molecule has 0 aliphatic carbocycles. The van der Waals surface area contributed by atoms with Gasteiger partial charge in [-0.25, -0.2) is 0 Å². The van der Waals surface area contributed by atoms with E-state index in [9.17, 15) is 0 Å². The summed E-state index contributed by atoms with van der Waals surface area (Å²) in [5, 5.41) is 0. The molecule has 1 atom stereocenters. The number of nitrogens with zero attached hydrogens (tertiary/aromatic N) is 2. The van der Waals surface area contributed by atoms with Crippen molar-refractivity contribution in [2.45, 2.75) is 32.2 Å². The molecule has 0 aromatic heterocycles. The Labute approximate surface area is 112 Å². The summed E-state index contributed by atoms with van der Waals surface area (Å²) in [7, 11) is 2.23. The number of benzene rings is 1. The molecule has 2 heteroatoms. The second kappa shape index (κ2) is 6.91. The lowest BCUT2D eigenvalue weighted by molar-refractivity contribution is 0.106. The van der Waals surface area contributed by atoms with Gasteiger partial charge in [0.15, 0.2) is 0 Å². The second-order valence-corrected chi connectivity index (χ2v) is 5.47. The van der Waals surface area contributed by atoms with Crippen LogP contribution in [0, 0.1) is 0 Å². The molecule has 0 saturated carbocycles. The van der Waals surface area contributed by atoms with Crippen molar-refractivity contribution in [1.82, 2.24) is 9.80 Å². The fourth-order valence-corrected chi connectivity index (χ4v) is 2.82. The van der Waals surface area contributed by atoms with Crippen LogP contribution in [-0.2, 0) is 6.42 Å². The van der Waals surface area contributed by atoms with Crippen molar-refractivity contribution >= 4 is 0 Å². The topological polar surface area (TPSA) is 6.48 Å². The van der Waals surface area contributed by atoms with Crippen LogP contribution >= 0.6 is 0 Å². The van der Waals surface area contributed by atoms with Gasteiger partial charge in [0, 0.05) is 32.2 Å². The largest absolute Gasteiger partial charge is 0.304 e. The smallest absolute Gasteiger partial charge is 0.0137 e. The summed E-state index contributed by atoms with van der Waals surface area (Å²) in [6.45, 7) is 7.19. The predicted octanol–water partition coefficient (Wildman–Crippen LogP) is 2.65. The normalized spacial score (nSPS) is 19.9. The molecule has 100 valence electrons. The van der Waals surface area contributed by atoms with Gasteiger partial charge in [-0.15, -0.1) is 0 Å². The lowest BCUT2D eigenvalue weighted by atomic mass is 10.00. The zero-order chi connectivity index (χ0) is 12.8. The van der Waals surface area contributed by atoms with Crippen molar-refractivity contribution in [2.24, 2.45) is 0 Å². The minimum Gasteiger partial charge on any atom is -0.304 e. The summed E-state index contributed by atoms with van der Waals surface area (Å²) in [5.74, 6) is 0. The van der Waals surface area contributed by atoms with Gasteiger partial charge in [0.05, 0.1) is 0 Å². The Morgan fingerprint density at radius 2 is 1.72 bits per heavy atom. The summed E-state index contributed by atoms with van der Waals surface area (Å²) in [6, 6.07) is 11.7. The summed E-state index contributed by atoms with van der Waals surface area (Å²) >= 11 is 0. The van der Waals surface area contributed by atoms with Gasteiger partial charge in [0.1, 0.15) is 0 Å². The summed E-state index contributed by atoms with van der Waals surface area (Å²) in [6.07, 6.45) is 3.81. The monoisotopic (exact) mass is 246 g/mol. The van der Waals surface area contributed by atoms with E-state index in [0.717, 1.165) is 6.04 Å². The summed E-state index contributed by atoms with van der Waals surface area (Å²) in [5.41, 5.74) is 1.48. The van der Waals surface area contributed by atoms with Crippen LogP contribution in [0.5, 0.6) is 0 Å². The molecule has 0 spiro atoms. The molecule has 1 aliphatic heterocycles. The molecule has 1 heterocycles. The Kier molecular flexibility index (Phi) is 5.21. The van der Waals surface area contributed by atoms with Gasteiger partial charge in [-0.1, -0.05) is 43.7 Å². The standard InChI is InChI=1S/C16H26N2/c1-3-7-16(14-15-8-5-4-6-9-15)18-12-10-17(2)11-13-18/h4-6,8-9,16H,3,7,10-14H2,1-2H3. The molecule has 2 nitrogen and oxygen atoms in total. The molecule has 0 amide bonds. The molecule has 0 radical (unpaired) electrons. The number of hydrogen-bond acceptors (Lipinski definition) is 2. The fraction of sp³-hybridized carbons (Fsp3) is 0.625. The number of rotatable bonds is 5. The highest BCUT2D eigenvalue weighted by Crippen LogP contribution is 2.15. The maximum atomic E-state index is 2.69. The molecular weight excluding hydrogens is 220 g/mol. The van der Waals surface area contributed by atoms with Crippen LogP contribution in [0.2, 0.25) is 0 Å². The van der Waals surface area contributed by atoms with E-state index >= 15 is 0 Å².